The summed E-state index contributed by atoms with van der Waals surface area (Å²) in [6.45, 7) is 2.09. The second-order valence-corrected chi connectivity index (χ2v) is 2.83. The van der Waals surface area contributed by atoms with Gasteiger partial charge in [-0.3, -0.25) is 0 Å². The van der Waals surface area contributed by atoms with E-state index in [4.69, 9.17) is 15.3 Å². The molecule has 0 aromatic heterocycles. The fraction of sp³-hybridized carbons (Fsp3) is 1.00. The van der Waals surface area contributed by atoms with Crippen molar-refractivity contribution in [2.45, 2.75) is 38.9 Å². The van der Waals surface area contributed by atoms with Crippen LogP contribution in [0.5, 0.6) is 0 Å². The molecule has 0 aromatic rings. The Bertz CT molecular complexity index is 83.4. The monoisotopic (exact) mass is 162 g/mol. The predicted octanol–water partition coefficient (Wildman–Crippen LogP) is 0.486. The van der Waals surface area contributed by atoms with Gasteiger partial charge in [-0.25, -0.2) is 0 Å². The molecular formula is C8H18O3. The molecule has 0 aliphatic heterocycles. The number of unbranched alkanes of at least 4 members (excludes halogenated alkanes) is 1. The summed E-state index contributed by atoms with van der Waals surface area (Å²) in [6.07, 6.45) is 2.04. The lowest BCUT2D eigenvalue weighted by Crippen LogP contribution is -2.20. The van der Waals surface area contributed by atoms with Crippen LogP contribution in [0.25, 0.3) is 0 Å². The van der Waals surface area contributed by atoms with Crippen molar-refractivity contribution in [3.05, 3.63) is 0 Å². The van der Waals surface area contributed by atoms with Gasteiger partial charge in [0.2, 0.25) is 0 Å². The van der Waals surface area contributed by atoms with Crippen LogP contribution in [-0.4, -0.2) is 28.2 Å². The fourth-order valence-corrected chi connectivity index (χ4v) is 1.07. The van der Waals surface area contributed by atoms with E-state index < -0.39 is 6.29 Å². The Morgan fingerprint density at radius 2 is 1.82 bits per heavy atom. The zero-order valence-electron chi connectivity index (χ0n) is 7.03. The lowest BCUT2D eigenvalue weighted by Gasteiger charge is -2.16. The van der Waals surface area contributed by atoms with E-state index in [0.29, 0.717) is 6.42 Å². The van der Waals surface area contributed by atoms with E-state index in [1.807, 2.05) is 0 Å². The lowest BCUT2D eigenvalue weighted by atomic mass is 9.98. The molecular weight excluding hydrogens is 144 g/mol. The van der Waals surface area contributed by atoms with Gasteiger partial charge in [-0.15, -0.1) is 0 Å². The highest BCUT2D eigenvalue weighted by Crippen LogP contribution is 2.15. The SMILES string of the molecule is CCCCC(CCO)C(O)O. The number of aliphatic hydroxyl groups is 3. The molecule has 11 heavy (non-hydrogen) atoms. The third kappa shape index (κ3) is 5.18. The quantitative estimate of drug-likeness (QED) is 0.498. The fourth-order valence-electron chi connectivity index (χ4n) is 1.07. The molecule has 0 saturated carbocycles. The zero-order chi connectivity index (χ0) is 8.69. The van der Waals surface area contributed by atoms with Gasteiger partial charge in [-0.05, 0) is 12.8 Å². The van der Waals surface area contributed by atoms with Crippen LogP contribution in [0, 0.1) is 5.92 Å². The van der Waals surface area contributed by atoms with Crippen LogP contribution in [0.1, 0.15) is 32.6 Å². The van der Waals surface area contributed by atoms with Gasteiger partial charge >= 0.3 is 0 Å². The maximum atomic E-state index is 8.81. The van der Waals surface area contributed by atoms with Crippen LogP contribution in [0.2, 0.25) is 0 Å². The number of hydrogen-bond donors (Lipinski definition) is 3. The van der Waals surface area contributed by atoms with Crippen molar-refractivity contribution >= 4 is 0 Å². The predicted molar refractivity (Wildman–Crippen MR) is 42.9 cm³/mol. The highest BCUT2D eigenvalue weighted by atomic mass is 16.5. The second-order valence-electron chi connectivity index (χ2n) is 2.83. The number of aliphatic hydroxyl groups excluding tert-OH is 2. The van der Waals surface area contributed by atoms with E-state index in [9.17, 15) is 0 Å². The summed E-state index contributed by atoms with van der Waals surface area (Å²) < 4.78 is 0. The van der Waals surface area contributed by atoms with Gasteiger partial charge in [-0.1, -0.05) is 19.8 Å². The van der Waals surface area contributed by atoms with Gasteiger partial charge in [0.15, 0.2) is 6.29 Å². The minimum Gasteiger partial charge on any atom is -0.396 e. The Balaban J connectivity index is 3.51. The molecule has 3 N–H and O–H groups in total. The Labute approximate surface area is 67.7 Å². The maximum Gasteiger partial charge on any atom is 0.154 e. The summed E-state index contributed by atoms with van der Waals surface area (Å²) >= 11 is 0. The van der Waals surface area contributed by atoms with Crippen LogP contribution in [0.15, 0.2) is 0 Å². The molecule has 1 unspecified atom stereocenters. The largest absolute Gasteiger partial charge is 0.396 e. The summed E-state index contributed by atoms with van der Waals surface area (Å²) in [7, 11) is 0. The summed E-state index contributed by atoms with van der Waals surface area (Å²) in [5, 5.41) is 26.2. The first-order valence-electron chi connectivity index (χ1n) is 4.19. The first-order chi connectivity index (χ1) is 5.22. The maximum absolute atomic E-state index is 8.81. The molecule has 0 heterocycles. The molecule has 3 nitrogen and oxygen atoms in total. The summed E-state index contributed by atoms with van der Waals surface area (Å²) in [5.41, 5.74) is 0. The van der Waals surface area contributed by atoms with Crippen molar-refractivity contribution < 1.29 is 15.3 Å². The molecule has 0 saturated heterocycles. The van der Waals surface area contributed by atoms with E-state index in [-0.39, 0.29) is 12.5 Å². The molecule has 0 spiro atoms. The van der Waals surface area contributed by atoms with E-state index in [0.717, 1.165) is 19.3 Å². The third-order valence-electron chi connectivity index (χ3n) is 1.85. The van der Waals surface area contributed by atoms with Gasteiger partial charge in [-0.2, -0.15) is 0 Å². The average Bonchev–Trinajstić information content (AvgIpc) is 1.97. The number of rotatable bonds is 6. The van der Waals surface area contributed by atoms with Crippen LogP contribution in [0.3, 0.4) is 0 Å². The number of hydrogen-bond acceptors (Lipinski definition) is 3. The van der Waals surface area contributed by atoms with E-state index in [1.54, 1.807) is 0 Å². The first kappa shape index (κ1) is 10.9. The topological polar surface area (TPSA) is 60.7 Å². The van der Waals surface area contributed by atoms with Crippen LogP contribution >= 0.6 is 0 Å². The van der Waals surface area contributed by atoms with Crippen LogP contribution in [-0.2, 0) is 0 Å². The molecule has 0 fully saturated rings. The Kier molecular flexibility index (Phi) is 6.51. The van der Waals surface area contributed by atoms with Crippen molar-refractivity contribution in [3.63, 3.8) is 0 Å². The standard InChI is InChI=1S/C8H18O3/c1-2-3-4-7(5-6-9)8(10)11/h7-11H,2-6H2,1H3. The highest BCUT2D eigenvalue weighted by molar-refractivity contribution is 4.59. The Morgan fingerprint density at radius 1 is 1.18 bits per heavy atom. The molecule has 0 aliphatic rings. The van der Waals surface area contributed by atoms with E-state index in [1.165, 1.54) is 0 Å². The Morgan fingerprint density at radius 3 is 2.18 bits per heavy atom. The Hall–Kier alpha value is -0.120. The van der Waals surface area contributed by atoms with Gasteiger partial charge in [0.05, 0.1) is 0 Å². The molecule has 68 valence electrons. The van der Waals surface area contributed by atoms with Crippen molar-refractivity contribution in [1.29, 1.82) is 0 Å². The van der Waals surface area contributed by atoms with Crippen LogP contribution in [0.4, 0.5) is 0 Å². The van der Waals surface area contributed by atoms with Gasteiger partial charge in [0.25, 0.3) is 0 Å². The third-order valence-corrected chi connectivity index (χ3v) is 1.85. The normalized spacial score (nSPS) is 13.9. The van der Waals surface area contributed by atoms with Gasteiger partial charge < -0.3 is 15.3 Å². The lowest BCUT2D eigenvalue weighted by molar-refractivity contribution is -0.0913. The molecule has 0 rings (SSSR count). The summed E-state index contributed by atoms with van der Waals surface area (Å²) in [5.74, 6) is -0.153. The second kappa shape index (κ2) is 6.58. The summed E-state index contributed by atoms with van der Waals surface area (Å²) in [6, 6.07) is 0. The molecule has 1 atom stereocenters. The minimum atomic E-state index is -1.27. The minimum absolute atomic E-state index is 0.0337. The smallest absolute Gasteiger partial charge is 0.154 e. The summed E-state index contributed by atoms with van der Waals surface area (Å²) in [4.78, 5) is 0. The first-order valence-corrected chi connectivity index (χ1v) is 4.19. The van der Waals surface area contributed by atoms with Gasteiger partial charge in [0.1, 0.15) is 0 Å². The molecule has 0 bridgehead atoms. The van der Waals surface area contributed by atoms with Crippen molar-refractivity contribution in [2.24, 2.45) is 5.92 Å². The molecule has 3 heteroatoms. The highest BCUT2D eigenvalue weighted by Gasteiger charge is 2.14. The van der Waals surface area contributed by atoms with E-state index in [2.05, 4.69) is 6.92 Å². The van der Waals surface area contributed by atoms with Crippen LogP contribution < -0.4 is 0 Å². The van der Waals surface area contributed by atoms with Crippen molar-refractivity contribution in [2.75, 3.05) is 6.61 Å². The van der Waals surface area contributed by atoms with Gasteiger partial charge in [0, 0.05) is 12.5 Å². The molecule has 0 amide bonds. The zero-order valence-corrected chi connectivity index (χ0v) is 7.03. The average molecular weight is 162 g/mol. The van der Waals surface area contributed by atoms with Crippen molar-refractivity contribution in [3.8, 4) is 0 Å². The molecule has 0 radical (unpaired) electrons. The van der Waals surface area contributed by atoms with Crippen molar-refractivity contribution in [1.82, 2.24) is 0 Å². The molecule has 0 aliphatic carbocycles. The molecule has 0 aromatic carbocycles. The van der Waals surface area contributed by atoms with E-state index >= 15 is 0 Å².